The van der Waals surface area contributed by atoms with E-state index in [1.54, 1.807) is 0 Å². The lowest BCUT2D eigenvalue weighted by Crippen LogP contribution is -1.88. The maximum atomic E-state index is 4.37. The second-order valence-electron chi connectivity index (χ2n) is 10.7. The Bertz CT molecular complexity index is 2140. The molecule has 0 aliphatic carbocycles. The number of fused-ring (bicyclic) bond motifs is 6. The largest absolute Gasteiger partial charge is 0.264 e. The van der Waals surface area contributed by atoms with Crippen LogP contribution in [0.1, 0.15) is 0 Å². The van der Waals surface area contributed by atoms with Crippen LogP contribution in [0.3, 0.4) is 0 Å². The van der Waals surface area contributed by atoms with Crippen LogP contribution in [0.25, 0.3) is 76.8 Å². The monoisotopic (exact) mass is 534 g/mol. The molecule has 0 aliphatic heterocycles. The van der Waals surface area contributed by atoms with Gasteiger partial charge >= 0.3 is 0 Å². The van der Waals surface area contributed by atoms with Crippen LogP contribution in [0, 0.1) is 0 Å². The van der Waals surface area contributed by atoms with Crippen LogP contribution in [0.4, 0.5) is 0 Å². The molecule has 0 fully saturated rings. The smallest absolute Gasteiger partial charge is 0.0346 e. The molecular weight excluding hydrogens is 508 g/mol. The Morgan fingerprint density at radius 3 is 1.19 bits per heavy atom. The van der Waals surface area contributed by atoms with Crippen LogP contribution in [-0.2, 0) is 0 Å². The van der Waals surface area contributed by atoms with Gasteiger partial charge in [0.2, 0.25) is 0 Å². The highest BCUT2D eigenvalue weighted by molar-refractivity contribution is 6.25. The first-order valence-electron chi connectivity index (χ1n) is 14.2. The van der Waals surface area contributed by atoms with Gasteiger partial charge in [-0.25, -0.2) is 0 Å². The predicted octanol–water partition coefficient (Wildman–Crippen LogP) is 10.6. The summed E-state index contributed by atoms with van der Waals surface area (Å²) in [5.74, 6) is 0. The lowest BCUT2D eigenvalue weighted by Gasteiger charge is -2.13. The molecule has 0 N–H and O–H groups in total. The van der Waals surface area contributed by atoms with Crippen LogP contribution >= 0.6 is 0 Å². The molecule has 0 radical (unpaired) electrons. The summed E-state index contributed by atoms with van der Waals surface area (Å²) in [6, 6.07) is 48.2. The molecule has 0 saturated carbocycles. The minimum absolute atomic E-state index is 1.09. The highest BCUT2D eigenvalue weighted by Crippen LogP contribution is 2.38. The van der Waals surface area contributed by atoms with Crippen molar-refractivity contribution in [3.8, 4) is 44.5 Å². The third-order valence-corrected chi connectivity index (χ3v) is 8.20. The van der Waals surface area contributed by atoms with E-state index in [2.05, 4.69) is 131 Å². The fourth-order valence-corrected chi connectivity index (χ4v) is 6.16. The van der Waals surface area contributed by atoms with Gasteiger partial charge in [-0.15, -0.1) is 0 Å². The number of nitrogens with zero attached hydrogens (tertiary/aromatic N) is 2. The van der Waals surface area contributed by atoms with Gasteiger partial charge in [0.25, 0.3) is 0 Å². The molecular formula is C40H26N2. The van der Waals surface area contributed by atoms with Crippen LogP contribution in [0.5, 0.6) is 0 Å². The van der Waals surface area contributed by atoms with Crippen molar-refractivity contribution >= 4 is 32.3 Å². The Hall–Kier alpha value is -5.60. The Kier molecular flexibility index (Phi) is 5.82. The first-order chi connectivity index (χ1) is 20.8. The lowest BCUT2D eigenvalue weighted by atomic mass is 9.90. The summed E-state index contributed by atoms with van der Waals surface area (Å²) in [6.45, 7) is 0. The molecule has 0 saturated heterocycles. The van der Waals surface area contributed by atoms with Crippen molar-refractivity contribution < 1.29 is 0 Å². The molecule has 0 spiro atoms. The van der Waals surface area contributed by atoms with Gasteiger partial charge in [0.1, 0.15) is 0 Å². The molecule has 8 aromatic rings. The number of rotatable bonds is 4. The summed E-state index contributed by atoms with van der Waals surface area (Å²) >= 11 is 0. The Morgan fingerprint density at radius 1 is 0.262 bits per heavy atom. The van der Waals surface area contributed by atoms with Gasteiger partial charge in [-0.05, 0) is 108 Å². The van der Waals surface area contributed by atoms with Gasteiger partial charge in [-0.3, -0.25) is 9.97 Å². The SMILES string of the molecule is c1cncc(-c2cc(-c3cccnc3)cc(-c3cccc(-c4ccc5c6ccccc6c6ccccc6c5c4)c3)c2)c1. The molecule has 2 heteroatoms. The summed E-state index contributed by atoms with van der Waals surface area (Å²) < 4.78 is 0. The summed E-state index contributed by atoms with van der Waals surface area (Å²) in [7, 11) is 0. The second kappa shape index (κ2) is 10.1. The average Bonchev–Trinajstić information content (AvgIpc) is 3.09. The molecule has 0 amide bonds. The van der Waals surface area contributed by atoms with Crippen LogP contribution in [-0.4, -0.2) is 9.97 Å². The first-order valence-corrected chi connectivity index (χ1v) is 14.2. The van der Waals surface area contributed by atoms with Crippen molar-refractivity contribution in [2.24, 2.45) is 0 Å². The van der Waals surface area contributed by atoms with Gasteiger partial charge in [0.05, 0.1) is 0 Å². The van der Waals surface area contributed by atoms with E-state index < -0.39 is 0 Å². The first kappa shape index (κ1) is 24.2. The van der Waals surface area contributed by atoms with E-state index in [9.17, 15) is 0 Å². The van der Waals surface area contributed by atoms with Crippen molar-refractivity contribution in [3.05, 3.63) is 158 Å². The minimum Gasteiger partial charge on any atom is -0.264 e. The summed E-state index contributed by atoms with van der Waals surface area (Å²) in [5.41, 5.74) is 9.19. The van der Waals surface area contributed by atoms with Crippen molar-refractivity contribution in [1.29, 1.82) is 0 Å². The zero-order valence-corrected chi connectivity index (χ0v) is 22.9. The molecule has 8 rings (SSSR count). The van der Waals surface area contributed by atoms with E-state index in [-0.39, 0.29) is 0 Å². The Balaban J connectivity index is 1.29. The zero-order chi connectivity index (χ0) is 27.9. The molecule has 0 bridgehead atoms. The molecule has 42 heavy (non-hydrogen) atoms. The maximum Gasteiger partial charge on any atom is 0.0346 e. The maximum absolute atomic E-state index is 4.37. The third-order valence-electron chi connectivity index (χ3n) is 8.20. The standard InChI is InChI=1S/C40H26N2/c1-2-14-37-35(12-1)36-13-3-4-15-38(36)40-24-29(16-17-39(37)40)27-8-5-9-28(20-27)32-21-33(30-10-6-18-41-25-30)23-34(22-32)31-11-7-19-42-26-31/h1-26H. The van der Waals surface area contributed by atoms with E-state index in [4.69, 9.17) is 0 Å². The number of benzene rings is 6. The fourth-order valence-electron chi connectivity index (χ4n) is 6.16. The molecule has 0 unspecified atom stereocenters. The molecule has 2 aromatic heterocycles. The molecule has 2 nitrogen and oxygen atoms in total. The van der Waals surface area contributed by atoms with Crippen molar-refractivity contribution in [3.63, 3.8) is 0 Å². The van der Waals surface area contributed by atoms with Crippen molar-refractivity contribution in [2.75, 3.05) is 0 Å². The van der Waals surface area contributed by atoms with Gasteiger partial charge in [0.15, 0.2) is 0 Å². The van der Waals surface area contributed by atoms with Crippen LogP contribution < -0.4 is 0 Å². The Morgan fingerprint density at radius 2 is 0.667 bits per heavy atom. The van der Waals surface area contributed by atoms with E-state index >= 15 is 0 Å². The highest BCUT2D eigenvalue weighted by atomic mass is 14.6. The van der Waals surface area contributed by atoms with Crippen molar-refractivity contribution in [2.45, 2.75) is 0 Å². The topological polar surface area (TPSA) is 25.8 Å². The summed E-state index contributed by atoms with van der Waals surface area (Å²) in [6.07, 6.45) is 7.47. The van der Waals surface area contributed by atoms with E-state index in [0.29, 0.717) is 0 Å². The quantitative estimate of drug-likeness (QED) is 0.210. The second-order valence-corrected chi connectivity index (χ2v) is 10.7. The minimum atomic E-state index is 1.09. The molecule has 2 heterocycles. The van der Waals surface area contributed by atoms with E-state index in [1.807, 2.05) is 36.9 Å². The molecule has 196 valence electrons. The molecule has 0 atom stereocenters. The van der Waals surface area contributed by atoms with Crippen LogP contribution in [0.15, 0.2) is 158 Å². The Labute approximate surface area is 244 Å². The van der Waals surface area contributed by atoms with Crippen molar-refractivity contribution in [1.82, 2.24) is 9.97 Å². The van der Waals surface area contributed by atoms with Gasteiger partial charge in [-0.2, -0.15) is 0 Å². The average molecular weight is 535 g/mol. The third kappa shape index (κ3) is 4.22. The summed E-state index contributed by atoms with van der Waals surface area (Å²) in [5, 5.41) is 7.74. The lowest BCUT2D eigenvalue weighted by molar-refractivity contribution is 1.32. The fraction of sp³-hybridized carbons (Fsp3) is 0. The molecule has 0 aliphatic rings. The van der Waals surface area contributed by atoms with Gasteiger partial charge in [-0.1, -0.05) is 91.0 Å². The summed E-state index contributed by atoms with van der Waals surface area (Å²) in [4.78, 5) is 8.75. The number of aromatic nitrogens is 2. The van der Waals surface area contributed by atoms with E-state index in [1.165, 1.54) is 49.0 Å². The number of hydrogen-bond donors (Lipinski definition) is 0. The normalized spacial score (nSPS) is 11.3. The highest BCUT2D eigenvalue weighted by Gasteiger charge is 2.12. The zero-order valence-electron chi connectivity index (χ0n) is 22.9. The predicted molar refractivity (Wildman–Crippen MR) is 176 cm³/mol. The number of hydrogen-bond acceptors (Lipinski definition) is 2. The van der Waals surface area contributed by atoms with Gasteiger partial charge < -0.3 is 0 Å². The van der Waals surface area contributed by atoms with E-state index in [0.717, 1.165) is 27.8 Å². The number of pyridine rings is 2. The van der Waals surface area contributed by atoms with Crippen LogP contribution in [0.2, 0.25) is 0 Å². The molecule has 6 aromatic carbocycles. The van der Waals surface area contributed by atoms with Gasteiger partial charge in [0, 0.05) is 35.9 Å².